The Hall–Kier alpha value is -2.67. The van der Waals surface area contributed by atoms with Gasteiger partial charge in [0, 0.05) is 30.5 Å². The largest absolute Gasteiger partial charge is 0.507 e. The lowest BCUT2D eigenvalue weighted by Gasteiger charge is -2.26. The monoisotopic (exact) mass is 345 g/mol. The number of rotatable bonds is 4. The maximum Gasteiger partial charge on any atom is 0.339 e. The minimum Gasteiger partial charge on any atom is -0.507 e. The van der Waals surface area contributed by atoms with Gasteiger partial charge in [-0.25, -0.2) is 4.79 Å². The molecule has 1 saturated heterocycles. The van der Waals surface area contributed by atoms with E-state index >= 15 is 0 Å². The van der Waals surface area contributed by atoms with Crippen LogP contribution in [0.15, 0.2) is 21.3 Å². The molecule has 0 bridgehead atoms. The molecule has 0 atom stereocenters. The molecule has 1 amide bonds. The van der Waals surface area contributed by atoms with E-state index in [1.165, 1.54) is 6.07 Å². The summed E-state index contributed by atoms with van der Waals surface area (Å²) >= 11 is 0. The Balaban J connectivity index is 1.89. The average Bonchev–Trinajstić information content (AvgIpc) is 2.62. The molecule has 3 rings (SSSR count). The van der Waals surface area contributed by atoms with Gasteiger partial charge in [0.2, 0.25) is 5.91 Å². The first-order valence-electron chi connectivity index (χ1n) is 8.12. The van der Waals surface area contributed by atoms with E-state index in [4.69, 9.17) is 9.15 Å². The van der Waals surface area contributed by atoms with Gasteiger partial charge in [0.05, 0.1) is 18.8 Å². The van der Waals surface area contributed by atoms with Crippen molar-refractivity contribution in [3.8, 4) is 5.75 Å². The van der Waals surface area contributed by atoms with Crippen molar-refractivity contribution in [1.29, 1.82) is 0 Å². The number of morpholine rings is 1. The number of ether oxygens (including phenoxy) is 1. The number of phenols is 1. The molecular formula is C18H19NO6. The number of aromatic hydroxyl groups is 1. The molecule has 2 heterocycles. The summed E-state index contributed by atoms with van der Waals surface area (Å²) in [5.41, 5.74) is 0.503. The second-order valence-corrected chi connectivity index (χ2v) is 5.98. The smallest absolute Gasteiger partial charge is 0.339 e. The molecule has 0 radical (unpaired) electrons. The normalized spacial score (nSPS) is 14.7. The molecule has 1 N–H and O–H groups in total. The zero-order valence-corrected chi connectivity index (χ0v) is 13.9. The van der Waals surface area contributed by atoms with Gasteiger partial charge in [-0.2, -0.15) is 0 Å². The highest BCUT2D eigenvalue weighted by molar-refractivity contribution is 5.98. The van der Waals surface area contributed by atoms with Crippen LogP contribution in [0.1, 0.15) is 27.9 Å². The van der Waals surface area contributed by atoms with Gasteiger partial charge < -0.3 is 19.2 Å². The third-order valence-electron chi connectivity index (χ3n) is 4.54. The van der Waals surface area contributed by atoms with E-state index in [2.05, 4.69) is 0 Å². The fraction of sp³-hybridized carbons (Fsp3) is 0.389. The van der Waals surface area contributed by atoms with E-state index < -0.39 is 5.63 Å². The summed E-state index contributed by atoms with van der Waals surface area (Å²) in [6.45, 7) is 3.93. The number of nitrogens with zero attached hydrogens (tertiary/aromatic N) is 1. The molecule has 0 saturated carbocycles. The topological polar surface area (TPSA) is 97.0 Å². The predicted octanol–water partition coefficient (Wildman–Crippen LogP) is 1.41. The van der Waals surface area contributed by atoms with Crippen LogP contribution in [0.5, 0.6) is 5.75 Å². The molecule has 7 heteroatoms. The number of aldehydes is 1. The standard InChI is InChI=1S/C18H19NO6/c1-11-12-2-4-15(21)14(10-20)17(12)25-18(23)13(11)3-5-16(22)19-6-8-24-9-7-19/h2,4,10,21H,3,5-9H2,1H3. The molecule has 1 aromatic heterocycles. The van der Waals surface area contributed by atoms with E-state index in [1.54, 1.807) is 17.9 Å². The maximum atomic E-state index is 12.3. The predicted molar refractivity (Wildman–Crippen MR) is 90.0 cm³/mol. The van der Waals surface area contributed by atoms with Crippen molar-refractivity contribution in [2.24, 2.45) is 0 Å². The lowest BCUT2D eigenvalue weighted by Crippen LogP contribution is -2.40. The van der Waals surface area contributed by atoms with Gasteiger partial charge in [0.15, 0.2) is 11.9 Å². The summed E-state index contributed by atoms with van der Waals surface area (Å²) in [7, 11) is 0. The Labute approximate surface area is 143 Å². The number of benzene rings is 1. The van der Waals surface area contributed by atoms with Crippen LogP contribution in [-0.4, -0.2) is 48.5 Å². The van der Waals surface area contributed by atoms with E-state index in [0.29, 0.717) is 49.1 Å². The third-order valence-corrected chi connectivity index (χ3v) is 4.54. The highest BCUT2D eigenvalue weighted by Gasteiger charge is 2.20. The molecule has 0 unspecified atom stereocenters. The molecular weight excluding hydrogens is 326 g/mol. The summed E-state index contributed by atoms with van der Waals surface area (Å²) in [5, 5.41) is 10.3. The lowest BCUT2D eigenvalue weighted by molar-refractivity contribution is -0.135. The van der Waals surface area contributed by atoms with E-state index in [0.717, 1.165) is 0 Å². The maximum absolute atomic E-state index is 12.3. The van der Waals surface area contributed by atoms with Gasteiger partial charge in [-0.3, -0.25) is 9.59 Å². The highest BCUT2D eigenvalue weighted by Crippen LogP contribution is 2.28. The van der Waals surface area contributed by atoms with E-state index in [9.17, 15) is 19.5 Å². The zero-order valence-electron chi connectivity index (χ0n) is 13.9. The molecule has 2 aromatic rings. The van der Waals surface area contributed by atoms with Gasteiger partial charge in [-0.15, -0.1) is 0 Å². The van der Waals surface area contributed by atoms with Gasteiger partial charge in [-0.05, 0) is 31.0 Å². The number of fused-ring (bicyclic) bond motifs is 1. The van der Waals surface area contributed by atoms with Crippen LogP contribution in [0.4, 0.5) is 0 Å². The molecule has 132 valence electrons. The summed E-state index contributed by atoms with van der Waals surface area (Å²) in [4.78, 5) is 37.5. The third kappa shape index (κ3) is 3.28. The first-order valence-corrected chi connectivity index (χ1v) is 8.12. The van der Waals surface area contributed by atoms with Crippen molar-refractivity contribution in [2.45, 2.75) is 19.8 Å². The van der Waals surface area contributed by atoms with Gasteiger partial charge in [0.1, 0.15) is 5.75 Å². The van der Waals surface area contributed by atoms with Crippen molar-refractivity contribution in [3.63, 3.8) is 0 Å². The van der Waals surface area contributed by atoms with Crippen LogP contribution in [0.25, 0.3) is 11.0 Å². The van der Waals surface area contributed by atoms with Gasteiger partial charge in [-0.1, -0.05) is 0 Å². The number of carbonyl (C=O) groups excluding carboxylic acids is 2. The first kappa shape index (κ1) is 17.2. The van der Waals surface area contributed by atoms with Crippen LogP contribution >= 0.6 is 0 Å². The first-order chi connectivity index (χ1) is 12.0. The minimum absolute atomic E-state index is 0.0264. The van der Waals surface area contributed by atoms with E-state index in [1.807, 2.05) is 0 Å². The summed E-state index contributed by atoms with van der Waals surface area (Å²) in [6.07, 6.45) is 0.926. The zero-order chi connectivity index (χ0) is 18.0. The van der Waals surface area contributed by atoms with Crippen molar-refractivity contribution in [2.75, 3.05) is 26.3 Å². The van der Waals surface area contributed by atoms with Crippen LogP contribution in [0.2, 0.25) is 0 Å². The molecule has 0 aliphatic carbocycles. The Kier molecular flexibility index (Phi) is 4.85. The summed E-state index contributed by atoms with van der Waals surface area (Å²) < 4.78 is 10.5. The van der Waals surface area contributed by atoms with Gasteiger partial charge in [0.25, 0.3) is 0 Å². The molecule has 1 aromatic carbocycles. The number of phenolic OH excluding ortho intramolecular Hbond substituents is 1. The Bertz CT molecular complexity index is 879. The van der Waals surface area contributed by atoms with Crippen LogP contribution < -0.4 is 5.63 Å². The Morgan fingerprint density at radius 3 is 2.72 bits per heavy atom. The number of hydrogen-bond donors (Lipinski definition) is 1. The molecule has 1 fully saturated rings. The number of carbonyl (C=O) groups is 2. The number of hydrogen-bond acceptors (Lipinski definition) is 6. The average molecular weight is 345 g/mol. The van der Waals surface area contributed by atoms with Crippen LogP contribution in [0, 0.1) is 6.92 Å². The fourth-order valence-corrected chi connectivity index (χ4v) is 3.07. The second kappa shape index (κ2) is 7.06. The van der Waals surface area contributed by atoms with Crippen molar-refractivity contribution >= 4 is 23.2 Å². The van der Waals surface area contributed by atoms with Gasteiger partial charge >= 0.3 is 5.63 Å². The fourth-order valence-electron chi connectivity index (χ4n) is 3.07. The minimum atomic E-state index is -0.589. The lowest BCUT2D eigenvalue weighted by atomic mass is 10.00. The van der Waals surface area contributed by atoms with Crippen molar-refractivity contribution < 1.29 is 23.8 Å². The summed E-state index contributed by atoms with van der Waals surface area (Å²) in [6, 6.07) is 2.99. The molecule has 0 spiro atoms. The Morgan fingerprint density at radius 2 is 2.04 bits per heavy atom. The number of amides is 1. The van der Waals surface area contributed by atoms with Crippen LogP contribution in [0.3, 0.4) is 0 Å². The molecule has 1 aliphatic rings. The highest BCUT2D eigenvalue weighted by atomic mass is 16.5. The number of aryl methyl sites for hydroxylation is 1. The van der Waals surface area contributed by atoms with Crippen molar-refractivity contribution in [1.82, 2.24) is 4.90 Å². The summed E-state index contributed by atoms with van der Waals surface area (Å²) in [5.74, 6) is -0.262. The SMILES string of the molecule is Cc1c(CCC(=O)N2CCOCC2)c(=O)oc2c(C=O)c(O)ccc12. The quantitative estimate of drug-likeness (QED) is 0.665. The van der Waals surface area contributed by atoms with Crippen molar-refractivity contribution in [3.05, 3.63) is 39.2 Å². The molecule has 1 aliphatic heterocycles. The molecule has 25 heavy (non-hydrogen) atoms. The molecule has 7 nitrogen and oxygen atoms in total. The van der Waals surface area contributed by atoms with E-state index in [-0.39, 0.29) is 35.6 Å². The Morgan fingerprint density at radius 1 is 1.32 bits per heavy atom. The van der Waals surface area contributed by atoms with Crippen LogP contribution in [-0.2, 0) is 16.0 Å². The second-order valence-electron chi connectivity index (χ2n) is 5.98.